The van der Waals surface area contributed by atoms with E-state index >= 15 is 0 Å². The number of nitrogens with zero attached hydrogens (tertiary/aromatic N) is 2. The maximum atomic E-state index is 5.79. The zero-order valence-corrected chi connectivity index (χ0v) is 11.8. The van der Waals surface area contributed by atoms with Crippen LogP contribution in [0.25, 0.3) is 0 Å². The molecule has 0 unspecified atom stereocenters. The molecule has 1 aromatic heterocycles. The molecule has 0 atom stereocenters. The molecule has 0 bridgehead atoms. The van der Waals surface area contributed by atoms with Gasteiger partial charge in [0.15, 0.2) is 0 Å². The molecule has 0 aromatic carbocycles. The van der Waals surface area contributed by atoms with Gasteiger partial charge < -0.3 is 15.2 Å². The molecule has 1 rings (SSSR count). The van der Waals surface area contributed by atoms with Crippen LogP contribution in [0.2, 0.25) is 0 Å². The second-order valence-corrected chi connectivity index (χ2v) is 4.29. The smallest absolute Gasteiger partial charge is 0.141 e. The third-order valence-corrected chi connectivity index (χ3v) is 3.09. The Kier molecular flexibility index (Phi) is 6.39. The number of hydrogen-bond donors (Lipinski definition) is 1. The Balaban J connectivity index is 2.51. The number of rotatable bonds is 7. The summed E-state index contributed by atoms with van der Waals surface area (Å²) in [6, 6.07) is 0. The predicted octanol–water partition coefficient (Wildman–Crippen LogP) is 1.59. The highest BCUT2D eigenvalue weighted by atomic mass is 79.9. The Morgan fingerprint density at radius 3 is 2.65 bits per heavy atom. The Bertz CT molecular complexity index is 361. The summed E-state index contributed by atoms with van der Waals surface area (Å²) in [6.45, 7) is 3.80. The minimum absolute atomic E-state index is 0.490. The highest BCUT2D eigenvalue weighted by Gasteiger charge is 2.08. The zero-order valence-electron chi connectivity index (χ0n) is 10.2. The maximum absolute atomic E-state index is 5.79. The van der Waals surface area contributed by atoms with E-state index in [0.717, 1.165) is 22.4 Å². The molecule has 1 aromatic rings. The number of anilines is 1. The van der Waals surface area contributed by atoms with Crippen LogP contribution in [-0.2, 0) is 22.3 Å². The lowest BCUT2D eigenvalue weighted by Gasteiger charge is -2.07. The van der Waals surface area contributed by atoms with E-state index in [9.17, 15) is 0 Å². The standard InChI is InChI=1S/C11H18BrN3O2/c1-3-8-10(12)11(13)15-9(14-8)4-5-17-7-6-16-2/h3-7H2,1-2H3,(H2,13,14,15). The van der Waals surface area contributed by atoms with Crippen LogP contribution in [0, 0.1) is 0 Å². The van der Waals surface area contributed by atoms with Gasteiger partial charge >= 0.3 is 0 Å². The van der Waals surface area contributed by atoms with E-state index in [2.05, 4.69) is 25.9 Å². The van der Waals surface area contributed by atoms with Crippen molar-refractivity contribution < 1.29 is 9.47 Å². The zero-order chi connectivity index (χ0) is 12.7. The van der Waals surface area contributed by atoms with Gasteiger partial charge in [-0.2, -0.15) is 0 Å². The van der Waals surface area contributed by atoms with Crippen molar-refractivity contribution in [2.45, 2.75) is 19.8 Å². The van der Waals surface area contributed by atoms with E-state index in [0.29, 0.717) is 32.1 Å². The van der Waals surface area contributed by atoms with E-state index < -0.39 is 0 Å². The third-order valence-electron chi connectivity index (χ3n) is 2.23. The van der Waals surface area contributed by atoms with Gasteiger partial charge in [-0.25, -0.2) is 9.97 Å². The van der Waals surface area contributed by atoms with Crippen LogP contribution >= 0.6 is 15.9 Å². The van der Waals surface area contributed by atoms with Crippen LogP contribution in [0.1, 0.15) is 18.4 Å². The molecule has 5 nitrogen and oxygen atoms in total. The van der Waals surface area contributed by atoms with Gasteiger partial charge in [0, 0.05) is 13.5 Å². The summed E-state index contributed by atoms with van der Waals surface area (Å²) < 4.78 is 11.0. The Morgan fingerprint density at radius 1 is 1.24 bits per heavy atom. The number of aryl methyl sites for hydroxylation is 1. The molecule has 0 fully saturated rings. The summed E-state index contributed by atoms with van der Waals surface area (Å²) in [5, 5.41) is 0. The maximum Gasteiger partial charge on any atom is 0.141 e. The van der Waals surface area contributed by atoms with Crippen LogP contribution < -0.4 is 5.73 Å². The van der Waals surface area contributed by atoms with Crippen molar-refractivity contribution in [2.75, 3.05) is 32.7 Å². The van der Waals surface area contributed by atoms with Crippen molar-refractivity contribution in [2.24, 2.45) is 0 Å². The van der Waals surface area contributed by atoms with Gasteiger partial charge in [0.05, 0.1) is 30.0 Å². The highest BCUT2D eigenvalue weighted by molar-refractivity contribution is 9.10. The van der Waals surface area contributed by atoms with Crippen molar-refractivity contribution in [3.8, 4) is 0 Å². The lowest BCUT2D eigenvalue weighted by Crippen LogP contribution is -2.10. The summed E-state index contributed by atoms with van der Waals surface area (Å²) >= 11 is 3.38. The molecule has 0 aliphatic heterocycles. The Morgan fingerprint density at radius 2 is 2.00 bits per heavy atom. The Labute approximate surface area is 110 Å². The number of ether oxygens (including phenoxy) is 2. The van der Waals surface area contributed by atoms with Crippen LogP contribution in [-0.4, -0.2) is 36.9 Å². The van der Waals surface area contributed by atoms with Crippen molar-refractivity contribution in [1.82, 2.24) is 9.97 Å². The molecule has 0 aliphatic rings. The third kappa shape index (κ3) is 4.57. The normalized spacial score (nSPS) is 10.8. The fourth-order valence-corrected chi connectivity index (χ4v) is 1.78. The SMILES string of the molecule is CCc1nc(CCOCCOC)nc(N)c1Br. The molecule has 96 valence electrons. The first-order chi connectivity index (χ1) is 8.19. The fourth-order valence-electron chi connectivity index (χ4n) is 1.32. The van der Waals surface area contributed by atoms with Gasteiger partial charge in [-0.05, 0) is 22.4 Å². The van der Waals surface area contributed by atoms with Crippen molar-refractivity contribution in [3.63, 3.8) is 0 Å². The monoisotopic (exact) mass is 303 g/mol. The molecule has 0 saturated heterocycles. The van der Waals surface area contributed by atoms with Crippen molar-refractivity contribution >= 4 is 21.7 Å². The molecule has 17 heavy (non-hydrogen) atoms. The lowest BCUT2D eigenvalue weighted by molar-refractivity contribution is 0.0716. The number of hydrogen-bond acceptors (Lipinski definition) is 5. The Hall–Kier alpha value is -0.720. The summed E-state index contributed by atoms with van der Waals surface area (Å²) in [5.74, 6) is 1.21. The lowest BCUT2D eigenvalue weighted by atomic mass is 10.3. The van der Waals surface area contributed by atoms with E-state index in [1.54, 1.807) is 7.11 Å². The van der Waals surface area contributed by atoms with Crippen LogP contribution in [0.5, 0.6) is 0 Å². The average Bonchev–Trinajstić information content (AvgIpc) is 2.33. The number of methoxy groups -OCH3 is 1. The second-order valence-electron chi connectivity index (χ2n) is 3.49. The molecule has 2 N–H and O–H groups in total. The average molecular weight is 304 g/mol. The van der Waals surface area contributed by atoms with Crippen LogP contribution in [0.15, 0.2) is 4.47 Å². The molecular weight excluding hydrogens is 286 g/mol. The number of nitrogens with two attached hydrogens (primary N) is 1. The van der Waals surface area contributed by atoms with Gasteiger partial charge in [-0.3, -0.25) is 0 Å². The van der Waals surface area contributed by atoms with Gasteiger partial charge in [0.1, 0.15) is 11.6 Å². The first-order valence-corrected chi connectivity index (χ1v) is 6.35. The van der Waals surface area contributed by atoms with Gasteiger partial charge in [0.25, 0.3) is 0 Å². The van der Waals surface area contributed by atoms with Crippen molar-refractivity contribution in [3.05, 3.63) is 16.0 Å². The largest absolute Gasteiger partial charge is 0.383 e. The molecule has 0 radical (unpaired) electrons. The summed E-state index contributed by atoms with van der Waals surface area (Å²) in [5.41, 5.74) is 6.72. The van der Waals surface area contributed by atoms with Crippen LogP contribution in [0.4, 0.5) is 5.82 Å². The minimum Gasteiger partial charge on any atom is -0.383 e. The topological polar surface area (TPSA) is 70.3 Å². The number of nitrogen functional groups attached to an aromatic ring is 1. The molecule has 0 aliphatic carbocycles. The molecule has 0 saturated carbocycles. The molecule has 6 heteroatoms. The molecule has 0 amide bonds. The van der Waals surface area contributed by atoms with Gasteiger partial charge in [-0.15, -0.1) is 0 Å². The molecular formula is C11H18BrN3O2. The summed E-state index contributed by atoms with van der Waals surface area (Å²) in [6.07, 6.45) is 1.49. The van der Waals surface area contributed by atoms with E-state index in [1.807, 2.05) is 6.92 Å². The number of halogens is 1. The minimum atomic E-state index is 0.490. The van der Waals surface area contributed by atoms with Gasteiger partial charge in [-0.1, -0.05) is 6.92 Å². The fraction of sp³-hybridized carbons (Fsp3) is 0.636. The summed E-state index contributed by atoms with van der Waals surface area (Å²) in [4.78, 5) is 8.63. The molecule has 0 spiro atoms. The van der Waals surface area contributed by atoms with E-state index in [4.69, 9.17) is 15.2 Å². The van der Waals surface area contributed by atoms with E-state index in [-0.39, 0.29) is 0 Å². The first-order valence-electron chi connectivity index (χ1n) is 5.56. The quantitative estimate of drug-likeness (QED) is 0.775. The first kappa shape index (κ1) is 14.3. The van der Waals surface area contributed by atoms with E-state index in [1.165, 1.54) is 0 Å². The second kappa shape index (κ2) is 7.58. The number of aromatic nitrogens is 2. The predicted molar refractivity (Wildman–Crippen MR) is 69.9 cm³/mol. The van der Waals surface area contributed by atoms with Crippen molar-refractivity contribution in [1.29, 1.82) is 0 Å². The summed E-state index contributed by atoms with van der Waals surface area (Å²) in [7, 11) is 1.65. The highest BCUT2D eigenvalue weighted by Crippen LogP contribution is 2.21. The molecule has 1 heterocycles. The van der Waals surface area contributed by atoms with Crippen LogP contribution in [0.3, 0.4) is 0 Å². The van der Waals surface area contributed by atoms with Gasteiger partial charge in [0.2, 0.25) is 0 Å².